The van der Waals surface area contributed by atoms with E-state index < -0.39 is 5.97 Å². The molecule has 0 aliphatic heterocycles. The number of hydrogen-bond acceptors (Lipinski definition) is 3. The smallest absolute Gasteiger partial charge is 0.0991 e. The molecule has 0 aliphatic carbocycles. The van der Waals surface area contributed by atoms with Gasteiger partial charge in [-0.2, -0.15) is 5.26 Å². The van der Waals surface area contributed by atoms with Gasteiger partial charge in [0.05, 0.1) is 17.6 Å². The molecule has 1 aromatic rings. The second-order valence-corrected chi connectivity index (χ2v) is 2.84. The van der Waals surface area contributed by atoms with E-state index in [1.807, 2.05) is 6.07 Å². The average Bonchev–Trinajstić information content (AvgIpc) is 2.17. The molecular formula is C11H8NO2-. The minimum absolute atomic E-state index is 0.508. The number of nitriles is 1. The van der Waals surface area contributed by atoms with Gasteiger partial charge in [-0.15, -0.1) is 0 Å². The second-order valence-electron chi connectivity index (χ2n) is 2.84. The zero-order valence-electron chi connectivity index (χ0n) is 7.65. The molecule has 0 heterocycles. The number of carbonyl (C=O) groups is 1. The van der Waals surface area contributed by atoms with Gasteiger partial charge in [-0.25, -0.2) is 0 Å². The SMILES string of the molecule is C/C(=C/C(=O)[O-])c1cccc(C#N)c1. The number of nitrogens with zero attached hydrogens (tertiary/aromatic N) is 1. The fraction of sp³-hybridized carbons (Fsp3) is 0.0909. The van der Waals surface area contributed by atoms with E-state index in [2.05, 4.69) is 0 Å². The first-order chi connectivity index (χ1) is 6.63. The summed E-state index contributed by atoms with van der Waals surface area (Å²) in [5.74, 6) is -1.23. The molecule has 0 saturated carbocycles. The van der Waals surface area contributed by atoms with Crippen molar-refractivity contribution >= 4 is 11.5 Å². The van der Waals surface area contributed by atoms with E-state index in [0.29, 0.717) is 16.7 Å². The maximum absolute atomic E-state index is 10.3. The van der Waals surface area contributed by atoms with Gasteiger partial charge < -0.3 is 9.90 Å². The third kappa shape index (κ3) is 2.46. The molecule has 0 spiro atoms. The van der Waals surface area contributed by atoms with Gasteiger partial charge in [0.25, 0.3) is 0 Å². The fourth-order valence-electron chi connectivity index (χ4n) is 1.09. The highest BCUT2D eigenvalue weighted by molar-refractivity contribution is 5.88. The van der Waals surface area contributed by atoms with Crippen LogP contribution in [-0.4, -0.2) is 5.97 Å². The topological polar surface area (TPSA) is 63.9 Å². The van der Waals surface area contributed by atoms with Crippen LogP contribution < -0.4 is 5.11 Å². The van der Waals surface area contributed by atoms with Crippen LogP contribution in [0, 0.1) is 11.3 Å². The molecule has 0 saturated heterocycles. The molecule has 0 N–H and O–H groups in total. The van der Waals surface area contributed by atoms with Crippen LogP contribution in [0.3, 0.4) is 0 Å². The van der Waals surface area contributed by atoms with Crippen LogP contribution in [0.25, 0.3) is 5.57 Å². The first-order valence-corrected chi connectivity index (χ1v) is 4.03. The van der Waals surface area contributed by atoms with Gasteiger partial charge in [-0.1, -0.05) is 12.1 Å². The zero-order chi connectivity index (χ0) is 10.6. The van der Waals surface area contributed by atoms with Crippen LogP contribution in [0.2, 0.25) is 0 Å². The summed E-state index contributed by atoms with van der Waals surface area (Å²) in [6, 6.07) is 8.74. The summed E-state index contributed by atoms with van der Waals surface area (Å²) in [6.07, 6.45) is 1.01. The predicted molar refractivity (Wildman–Crippen MR) is 49.8 cm³/mol. The van der Waals surface area contributed by atoms with Gasteiger partial charge in [0.15, 0.2) is 0 Å². The molecule has 0 atom stereocenters. The van der Waals surface area contributed by atoms with Crippen molar-refractivity contribution in [1.29, 1.82) is 5.26 Å². The fourth-order valence-corrected chi connectivity index (χ4v) is 1.09. The van der Waals surface area contributed by atoms with Crippen molar-refractivity contribution in [3.05, 3.63) is 41.5 Å². The number of rotatable bonds is 2. The molecule has 1 rings (SSSR count). The van der Waals surface area contributed by atoms with Crippen LogP contribution >= 0.6 is 0 Å². The molecule has 0 bridgehead atoms. The number of carbonyl (C=O) groups excluding carboxylic acids is 1. The molecule has 3 heteroatoms. The molecule has 3 nitrogen and oxygen atoms in total. The Bertz CT molecular complexity index is 427. The highest BCUT2D eigenvalue weighted by Gasteiger charge is 1.96. The Hall–Kier alpha value is -2.08. The first-order valence-electron chi connectivity index (χ1n) is 4.03. The maximum atomic E-state index is 10.3. The number of carboxylic acids is 1. The Balaban J connectivity index is 3.09. The Morgan fingerprint density at radius 1 is 1.57 bits per heavy atom. The second kappa shape index (κ2) is 4.24. The third-order valence-corrected chi connectivity index (χ3v) is 1.78. The minimum atomic E-state index is -1.23. The van der Waals surface area contributed by atoms with Gasteiger partial charge >= 0.3 is 0 Å². The predicted octanol–water partition coefficient (Wildman–Crippen LogP) is 0.711. The molecular weight excluding hydrogens is 178 g/mol. The van der Waals surface area contributed by atoms with E-state index in [9.17, 15) is 9.90 Å². The molecule has 70 valence electrons. The largest absolute Gasteiger partial charge is 0.545 e. The summed E-state index contributed by atoms with van der Waals surface area (Å²) in [7, 11) is 0. The number of allylic oxidation sites excluding steroid dienone is 1. The Morgan fingerprint density at radius 3 is 2.86 bits per heavy atom. The highest BCUT2D eigenvalue weighted by atomic mass is 16.4. The molecule has 0 fully saturated rings. The number of carboxylic acid groups (broad SMARTS) is 1. The van der Waals surface area contributed by atoms with Gasteiger partial charge in [0.1, 0.15) is 0 Å². The number of aliphatic carboxylic acids is 1. The zero-order valence-corrected chi connectivity index (χ0v) is 7.65. The molecule has 0 radical (unpaired) electrons. The summed E-state index contributed by atoms with van der Waals surface area (Å²) >= 11 is 0. The molecule has 14 heavy (non-hydrogen) atoms. The van der Waals surface area contributed by atoms with Crippen LogP contribution in [-0.2, 0) is 4.79 Å². The summed E-state index contributed by atoms with van der Waals surface area (Å²) in [6.45, 7) is 1.66. The van der Waals surface area contributed by atoms with Crippen LogP contribution in [0.5, 0.6) is 0 Å². The van der Waals surface area contributed by atoms with Crippen molar-refractivity contribution in [2.75, 3.05) is 0 Å². The highest BCUT2D eigenvalue weighted by Crippen LogP contribution is 2.14. The van der Waals surface area contributed by atoms with Crippen molar-refractivity contribution in [2.45, 2.75) is 6.92 Å². The van der Waals surface area contributed by atoms with Gasteiger partial charge in [-0.3, -0.25) is 0 Å². The van der Waals surface area contributed by atoms with E-state index in [1.54, 1.807) is 31.2 Å². The van der Waals surface area contributed by atoms with Crippen molar-refractivity contribution in [1.82, 2.24) is 0 Å². The van der Waals surface area contributed by atoms with E-state index in [-0.39, 0.29) is 0 Å². The lowest BCUT2D eigenvalue weighted by Gasteiger charge is -2.02. The van der Waals surface area contributed by atoms with E-state index in [1.165, 1.54) is 0 Å². The van der Waals surface area contributed by atoms with Crippen LogP contribution in [0.1, 0.15) is 18.1 Å². The number of hydrogen-bond donors (Lipinski definition) is 0. The third-order valence-electron chi connectivity index (χ3n) is 1.78. The van der Waals surface area contributed by atoms with Crippen LogP contribution in [0.15, 0.2) is 30.3 Å². The summed E-state index contributed by atoms with van der Waals surface area (Å²) in [5.41, 5.74) is 1.80. The molecule has 0 unspecified atom stereocenters. The monoisotopic (exact) mass is 186 g/mol. The quantitative estimate of drug-likeness (QED) is 0.639. The Labute approximate surface area is 81.9 Å². The van der Waals surface area contributed by atoms with Crippen molar-refractivity contribution in [3.63, 3.8) is 0 Å². The summed E-state index contributed by atoms with van der Waals surface area (Å²) in [4.78, 5) is 10.3. The Kier molecular flexibility index (Phi) is 3.03. The van der Waals surface area contributed by atoms with E-state index in [4.69, 9.17) is 5.26 Å². The molecule has 0 amide bonds. The van der Waals surface area contributed by atoms with Crippen LogP contribution in [0.4, 0.5) is 0 Å². The lowest BCUT2D eigenvalue weighted by molar-refractivity contribution is -0.297. The lowest BCUT2D eigenvalue weighted by Crippen LogP contribution is -2.19. The summed E-state index contributed by atoms with van der Waals surface area (Å²) < 4.78 is 0. The lowest BCUT2D eigenvalue weighted by atomic mass is 10.0. The average molecular weight is 186 g/mol. The van der Waals surface area contributed by atoms with Crippen molar-refractivity contribution in [2.24, 2.45) is 0 Å². The molecule has 0 aromatic heterocycles. The molecule has 0 aliphatic rings. The normalized spacial score (nSPS) is 10.7. The molecule has 1 aromatic carbocycles. The summed E-state index contributed by atoms with van der Waals surface area (Å²) in [5, 5.41) is 18.9. The van der Waals surface area contributed by atoms with E-state index in [0.717, 1.165) is 6.08 Å². The first kappa shape index (κ1) is 10.0. The maximum Gasteiger partial charge on any atom is 0.0991 e. The van der Waals surface area contributed by atoms with E-state index >= 15 is 0 Å². The van der Waals surface area contributed by atoms with Gasteiger partial charge in [-0.05, 0) is 36.3 Å². The standard InChI is InChI=1S/C11H9NO2/c1-8(5-11(13)14)10-4-2-3-9(6-10)7-12/h2-6H,1H3,(H,13,14)/p-1/b8-5-. The van der Waals surface area contributed by atoms with Gasteiger partial charge in [0.2, 0.25) is 0 Å². The van der Waals surface area contributed by atoms with Crippen molar-refractivity contribution in [3.8, 4) is 6.07 Å². The minimum Gasteiger partial charge on any atom is -0.545 e. The van der Waals surface area contributed by atoms with Gasteiger partial charge in [0, 0.05) is 0 Å². The number of benzene rings is 1. The Morgan fingerprint density at radius 2 is 2.29 bits per heavy atom. The van der Waals surface area contributed by atoms with Crippen molar-refractivity contribution < 1.29 is 9.90 Å².